The topological polar surface area (TPSA) is 43.4 Å². The largest absolute Gasteiger partial charge is 0.457 e. The first-order valence-electron chi connectivity index (χ1n) is 9.38. The quantitative estimate of drug-likeness (QED) is 0.237. The summed E-state index contributed by atoms with van der Waals surface area (Å²) in [5.74, 6) is -0.410. The molecule has 4 rings (SSSR count). The van der Waals surface area contributed by atoms with Gasteiger partial charge in [0.2, 0.25) is 0 Å². The summed E-state index contributed by atoms with van der Waals surface area (Å²) in [5, 5.41) is 0. The van der Waals surface area contributed by atoms with Gasteiger partial charge in [-0.1, -0.05) is 36.4 Å². The van der Waals surface area contributed by atoms with Gasteiger partial charge in [-0.15, -0.1) is 11.8 Å². The van der Waals surface area contributed by atoms with E-state index >= 15 is 0 Å². The lowest BCUT2D eigenvalue weighted by molar-refractivity contribution is -0.141. The molecule has 0 fully saturated rings. The molecule has 146 valence electrons. The summed E-state index contributed by atoms with van der Waals surface area (Å²) < 4.78 is 18.0. The van der Waals surface area contributed by atoms with Crippen molar-refractivity contribution >= 4 is 23.5 Å². The molecule has 0 saturated carbocycles. The number of esters is 1. The molecule has 0 radical (unpaired) electrons. The van der Waals surface area contributed by atoms with E-state index in [-0.39, 0.29) is 24.6 Å². The summed E-state index contributed by atoms with van der Waals surface area (Å²) in [4.78, 5) is 25.3. The van der Waals surface area contributed by atoms with Crippen molar-refractivity contribution in [2.24, 2.45) is 0 Å². The molecule has 0 amide bonds. The highest BCUT2D eigenvalue weighted by Crippen LogP contribution is 2.36. The number of fused-ring (bicyclic) bond motifs is 3. The second-order valence-corrected chi connectivity index (χ2v) is 8.01. The van der Waals surface area contributed by atoms with E-state index in [1.54, 1.807) is 18.2 Å². The smallest absolute Gasteiger partial charge is 0.307 e. The molecule has 0 saturated heterocycles. The molecule has 0 N–H and O–H groups in total. The summed E-state index contributed by atoms with van der Waals surface area (Å²) in [5.41, 5.74) is 5.25. The number of halogens is 1. The van der Waals surface area contributed by atoms with Crippen LogP contribution >= 0.6 is 11.8 Å². The van der Waals surface area contributed by atoms with Crippen molar-refractivity contribution in [3.63, 3.8) is 0 Å². The number of carbonyl (C=O) groups is 2. The van der Waals surface area contributed by atoms with Crippen LogP contribution < -0.4 is 0 Å². The third kappa shape index (κ3) is 4.57. The van der Waals surface area contributed by atoms with E-state index in [0.29, 0.717) is 11.3 Å². The van der Waals surface area contributed by atoms with E-state index in [1.165, 1.54) is 35.0 Å². The first kappa shape index (κ1) is 19.4. The van der Waals surface area contributed by atoms with Gasteiger partial charge in [-0.3, -0.25) is 9.59 Å². The van der Waals surface area contributed by atoms with Crippen molar-refractivity contribution in [2.45, 2.75) is 17.7 Å². The summed E-state index contributed by atoms with van der Waals surface area (Å²) in [6.45, 7) is -0.263. The van der Waals surface area contributed by atoms with Crippen molar-refractivity contribution in [1.29, 1.82) is 0 Å². The third-order valence-electron chi connectivity index (χ3n) is 4.87. The van der Waals surface area contributed by atoms with Crippen LogP contribution in [0.5, 0.6) is 0 Å². The fourth-order valence-corrected chi connectivity index (χ4v) is 4.21. The van der Waals surface area contributed by atoms with Gasteiger partial charge in [-0.2, -0.15) is 0 Å². The minimum atomic E-state index is -0.417. The molecule has 1 aliphatic rings. The lowest BCUT2D eigenvalue weighted by Gasteiger charge is -2.07. The Bertz CT molecular complexity index is 1060. The van der Waals surface area contributed by atoms with Gasteiger partial charge in [0.15, 0.2) is 12.4 Å². The molecular formula is C24H19FO3S. The van der Waals surface area contributed by atoms with Crippen LogP contribution in [0.4, 0.5) is 4.39 Å². The van der Waals surface area contributed by atoms with E-state index in [9.17, 15) is 14.0 Å². The monoisotopic (exact) mass is 406 g/mol. The average molecular weight is 406 g/mol. The van der Waals surface area contributed by atoms with E-state index in [2.05, 4.69) is 12.1 Å². The van der Waals surface area contributed by atoms with E-state index in [4.69, 9.17) is 4.74 Å². The summed E-state index contributed by atoms with van der Waals surface area (Å²) in [6.07, 6.45) is 1.06. The molecule has 0 bridgehead atoms. The number of carbonyl (C=O) groups excluding carboxylic acids is 2. The Morgan fingerprint density at radius 3 is 2.52 bits per heavy atom. The van der Waals surface area contributed by atoms with Gasteiger partial charge in [0.25, 0.3) is 0 Å². The van der Waals surface area contributed by atoms with Crippen molar-refractivity contribution in [3.8, 4) is 11.1 Å². The SMILES string of the molecule is O=C(CCSc1ccc(F)cc1)OCC(=O)c1ccc2c(c1)-c1ccccc1C2. The van der Waals surface area contributed by atoms with Crippen LogP contribution in [0.3, 0.4) is 0 Å². The molecule has 29 heavy (non-hydrogen) atoms. The lowest BCUT2D eigenvalue weighted by Crippen LogP contribution is -2.14. The Balaban J connectivity index is 1.29. The molecule has 1 aliphatic carbocycles. The summed E-state index contributed by atoms with van der Waals surface area (Å²) in [7, 11) is 0. The highest BCUT2D eigenvalue weighted by atomic mass is 32.2. The molecule has 3 aromatic carbocycles. The van der Waals surface area contributed by atoms with Crippen LogP contribution in [0, 0.1) is 5.82 Å². The Hall–Kier alpha value is -2.92. The minimum absolute atomic E-state index is 0.187. The zero-order chi connectivity index (χ0) is 20.2. The van der Waals surface area contributed by atoms with Gasteiger partial charge in [-0.25, -0.2) is 4.39 Å². The number of Topliss-reactive ketones (excluding diaryl/α,β-unsaturated/α-hetero) is 1. The van der Waals surface area contributed by atoms with Crippen LogP contribution in [-0.2, 0) is 16.0 Å². The molecular weight excluding hydrogens is 387 g/mol. The first-order chi connectivity index (χ1) is 14.1. The second kappa shape index (κ2) is 8.62. The maximum absolute atomic E-state index is 12.9. The molecule has 0 spiro atoms. The predicted octanol–water partition coefficient (Wildman–Crippen LogP) is 5.31. The second-order valence-electron chi connectivity index (χ2n) is 6.84. The number of ketones is 1. The van der Waals surface area contributed by atoms with Gasteiger partial charge in [-0.05, 0) is 59.0 Å². The fraction of sp³-hybridized carbons (Fsp3) is 0.167. The van der Waals surface area contributed by atoms with Gasteiger partial charge >= 0.3 is 5.97 Å². The highest BCUT2D eigenvalue weighted by Gasteiger charge is 2.20. The molecule has 0 aromatic heterocycles. The molecule has 0 atom stereocenters. The Morgan fingerprint density at radius 2 is 1.69 bits per heavy atom. The highest BCUT2D eigenvalue weighted by molar-refractivity contribution is 7.99. The van der Waals surface area contributed by atoms with E-state index < -0.39 is 5.97 Å². The minimum Gasteiger partial charge on any atom is -0.457 e. The average Bonchev–Trinajstić information content (AvgIpc) is 3.11. The number of rotatable bonds is 7. The van der Waals surface area contributed by atoms with Gasteiger partial charge in [0.1, 0.15) is 5.82 Å². The standard InChI is InChI=1S/C24H19FO3S/c25-19-7-9-20(10-8-19)29-12-11-24(27)28-15-23(26)18-6-5-17-13-16-3-1-2-4-21(16)22(17)14-18/h1-10,14H,11-13,15H2. The van der Waals surface area contributed by atoms with Gasteiger partial charge < -0.3 is 4.74 Å². The van der Waals surface area contributed by atoms with Crippen molar-refractivity contribution in [2.75, 3.05) is 12.4 Å². The van der Waals surface area contributed by atoms with E-state index in [0.717, 1.165) is 22.4 Å². The summed E-state index contributed by atoms with van der Waals surface area (Å²) >= 11 is 1.44. The normalized spacial score (nSPS) is 11.6. The Morgan fingerprint density at radius 1 is 0.931 bits per heavy atom. The van der Waals surface area contributed by atoms with Crippen LogP contribution in [-0.4, -0.2) is 24.1 Å². The van der Waals surface area contributed by atoms with Crippen molar-refractivity contribution in [1.82, 2.24) is 0 Å². The molecule has 0 heterocycles. The predicted molar refractivity (Wildman–Crippen MR) is 112 cm³/mol. The molecule has 3 aromatic rings. The van der Waals surface area contributed by atoms with Crippen molar-refractivity contribution < 1.29 is 18.7 Å². The van der Waals surface area contributed by atoms with Gasteiger partial charge in [0, 0.05) is 16.2 Å². The lowest BCUT2D eigenvalue weighted by atomic mass is 10.0. The maximum Gasteiger partial charge on any atom is 0.307 e. The van der Waals surface area contributed by atoms with Crippen LogP contribution in [0.2, 0.25) is 0 Å². The molecule has 5 heteroatoms. The Labute approximate surface area is 172 Å². The number of hydrogen-bond donors (Lipinski definition) is 0. The van der Waals surface area contributed by atoms with E-state index in [1.807, 2.05) is 24.3 Å². The van der Waals surface area contributed by atoms with Crippen LogP contribution in [0.25, 0.3) is 11.1 Å². The molecule has 3 nitrogen and oxygen atoms in total. The van der Waals surface area contributed by atoms with Crippen LogP contribution in [0.15, 0.2) is 71.6 Å². The maximum atomic E-state index is 12.9. The number of hydrogen-bond acceptors (Lipinski definition) is 4. The number of benzene rings is 3. The van der Waals surface area contributed by atoms with Crippen LogP contribution in [0.1, 0.15) is 27.9 Å². The fourth-order valence-electron chi connectivity index (χ4n) is 3.38. The zero-order valence-corrected chi connectivity index (χ0v) is 16.5. The number of thioether (sulfide) groups is 1. The van der Waals surface area contributed by atoms with Crippen molar-refractivity contribution in [3.05, 3.63) is 89.2 Å². The third-order valence-corrected chi connectivity index (χ3v) is 5.89. The molecule has 0 aliphatic heterocycles. The Kier molecular flexibility index (Phi) is 5.76. The van der Waals surface area contributed by atoms with Gasteiger partial charge in [0.05, 0.1) is 6.42 Å². The first-order valence-corrected chi connectivity index (χ1v) is 10.4. The zero-order valence-electron chi connectivity index (χ0n) is 15.7. The number of ether oxygens (including phenoxy) is 1. The molecule has 0 unspecified atom stereocenters. The summed E-state index contributed by atoms with van der Waals surface area (Å²) in [6, 6.07) is 19.9.